The van der Waals surface area contributed by atoms with E-state index in [0.717, 1.165) is 22.4 Å². The second-order valence-corrected chi connectivity index (χ2v) is 6.56. The lowest BCUT2D eigenvalue weighted by molar-refractivity contribution is -0.130. The molecule has 0 unspecified atom stereocenters. The van der Waals surface area contributed by atoms with Crippen LogP contribution >= 0.6 is 0 Å². The molecule has 154 valence electrons. The van der Waals surface area contributed by atoms with Crippen molar-refractivity contribution in [2.45, 2.75) is 12.8 Å². The van der Waals surface area contributed by atoms with E-state index in [4.69, 9.17) is 9.47 Å². The van der Waals surface area contributed by atoms with Gasteiger partial charge in [0.05, 0.1) is 7.11 Å². The molecule has 0 aliphatic carbocycles. The second-order valence-electron chi connectivity index (χ2n) is 6.56. The zero-order valence-corrected chi connectivity index (χ0v) is 16.8. The maximum Gasteiger partial charge on any atom is 0.276 e. The Kier molecular flexibility index (Phi) is 7.44. The monoisotopic (exact) mass is 404 g/mol. The van der Waals surface area contributed by atoms with Gasteiger partial charge in [0.15, 0.2) is 6.61 Å². The topological polar surface area (TPSA) is 76.7 Å². The summed E-state index contributed by atoms with van der Waals surface area (Å²) in [5.74, 6) is 0.601. The highest BCUT2D eigenvalue weighted by molar-refractivity contribution is 5.83. The standard InChI is InChI=1S/C24H24N2O4/c1-29-21-13-7-5-11-19(21)15-16-23(27)25-26-24(28)17-30-22-14-8-6-12-20(22)18-9-3-2-4-10-18/h2-14H,15-17H2,1H3,(H,25,27)(H,26,28). The summed E-state index contributed by atoms with van der Waals surface area (Å²) >= 11 is 0. The van der Waals surface area contributed by atoms with Gasteiger partial charge in [0, 0.05) is 12.0 Å². The van der Waals surface area contributed by atoms with Crippen molar-refractivity contribution in [1.29, 1.82) is 0 Å². The first-order valence-electron chi connectivity index (χ1n) is 9.64. The number of para-hydroxylation sites is 2. The highest BCUT2D eigenvalue weighted by Crippen LogP contribution is 2.29. The summed E-state index contributed by atoms with van der Waals surface area (Å²) in [5.41, 5.74) is 7.62. The van der Waals surface area contributed by atoms with Gasteiger partial charge in [0.1, 0.15) is 11.5 Å². The fourth-order valence-electron chi connectivity index (χ4n) is 2.99. The van der Waals surface area contributed by atoms with E-state index in [9.17, 15) is 9.59 Å². The molecule has 0 fully saturated rings. The van der Waals surface area contributed by atoms with Crippen molar-refractivity contribution in [2.75, 3.05) is 13.7 Å². The number of hydrogen-bond acceptors (Lipinski definition) is 4. The predicted molar refractivity (Wildman–Crippen MR) is 115 cm³/mol. The van der Waals surface area contributed by atoms with Gasteiger partial charge in [-0.15, -0.1) is 0 Å². The van der Waals surface area contributed by atoms with Gasteiger partial charge in [-0.2, -0.15) is 0 Å². The van der Waals surface area contributed by atoms with Crippen LogP contribution in [0.3, 0.4) is 0 Å². The number of rotatable bonds is 8. The van der Waals surface area contributed by atoms with Gasteiger partial charge in [-0.05, 0) is 29.7 Å². The maximum atomic E-state index is 12.1. The average molecular weight is 404 g/mol. The van der Waals surface area contributed by atoms with Gasteiger partial charge in [-0.25, -0.2) is 0 Å². The molecule has 3 aromatic carbocycles. The van der Waals surface area contributed by atoms with Gasteiger partial charge in [0.2, 0.25) is 5.91 Å². The molecule has 6 nitrogen and oxygen atoms in total. The summed E-state index contributed by atoms with van der Waals surface area (Å²) < 4.78 is 10.9. The van der Waals surface area contributed by atoms with Crippen LogP contribution in [0.1, 0.15) is 12.0 Å². The molecular formula is C24H24N2O4. The number of aryl methyl sites for hydroxylation is 1. The third kappa shape index (κ3) is 5.85. The largest absolute Gasteiger partial charge is 0.496 e. The Morgan fingerprint density at radius 1 is 0.767 bits per heavy atom. The summed E-state index contributed by atoms with van der Waals surface area (Å²) in [5, 5.41) is 0. The van der Waals surface area contributed by atoms with Crippen LogP contribution in [0.2, 0.25) is 0 Å². The number of ether oxygens (including phenoxy) is 2. The van der Waals surface area contributed by atoms with Crippen molar-refractivity contribution in [2.24, 2.45) is 0 Å². The smallest absolute Gasteiger partial charge is 0.276 e. The van der Waals surface area contributed by atoms with E-state index in [1.165, 1.54) is 0 Å². The minimum absolute atomic E-state index is 0.212. The van der Waals surface area contributed by atoms with Crippen LogP contribution in [0, 0.1) is 0 Å². The van der Waals surface area contributed by atoms with Gasteiger partial charge in [0.25, 0.3) is 5.91 Å². The van der Waals surface area contributed by atoms with Crippen LogP contribution in [0.25, 0.3) is 11.1 Å². The fourth-order valence-corrected chi connectivity index (χ4v) is 2.99. The first kappa shape index (κ1) is 20.9. The van der Waals surface area contributed by atoms with Gasteiger partial charge in [-0.3, -0.25) is 20.4 Å². The molecular weight excluding hydrogens is 380 g/mol. The number of nitrogens with one attached hydrogen (secondary N) is 2. The minimum Gasteiger partial charge on any atom is -0.496 e. The molecule has 6 heteroatoms. The molecule has 3 aromatic rings. The second kappa shape index (κ2) is 10.7. The lowest BCUT2D eigenvalue weighted by Crippen LogP contribution is -2.43. The number of amides is 2. The molecule has 0 saturated heterocycles. The van der Waals surface area contributed by atoms with Gasteiger partial charge in [-0.1, -0.05) is 66.7 Å². The highest BCUT2D eigenvalue weighted by Gasteiger charge is 2.10. The van der Waals surface area contributed by atoms with Crippen LogP contribution in [-0.4, -0.2) is 25.5 Å². The number of hydrogen-bond donors (Lipinski definition) is 2. The molecule has 0 aromatic heterocycles. The summed E-state index contributed by atoms with van der Waals surface area (Å²) in [6.45, 7) is -0.212. The number of methoxy groups -OCH3 is 1. The van der Waals surface area contributed by atoms with E-state index in [0.29, 0.717) is 12.2 Å². The van der Waals surface area contributed by atoms with E-state index >= 15 is 0 Å². The van der Waals surface area contributed by atoms with Crippen molar-refractivity contribution in [1.82, 2.24) is 10.9 Å². The summed E-state index contributed by atoms with van der Waals surface area (Å²) in [6, 6.07) is 24.8. The molecule has 0 aliphatic rings. The molecule has 0 spiro atoms. The molecule has 0 heterocycles. The van der Waals surface area contributed by atoms with Crippen molar-refractivity contribution >= 4 is 11.8 Å². The molecule has 0 bridgehead atoms. The molecule has 0 radical (unpaired) electrons. The fraction of sp³-hybridized carbons (Fsp3) is 0.167. The third-order valence-electron chi connectivity index (χ3n) is 4.49. The van der Waals surface area contributed by atoms with Gasteiger partial charge < -0.3 is 9.47 Å². The van der Waals surface area contributed by atoms with E-state index in [-0.39, 0.29) is 18.9 Å². The van der Waals surface area contributed by atoms with Gasteiger partial charge >= 0.3 is 0 Å². The zero-order valence-electron chi connectivity index (χ0n) is 16.8. The van der Waals surface area contributed by atoms with E-state index in [1.54, 1.807) is 13.2 Å². The Labute approximate surface area is 175 Å². The molecule has 2 N–H and O–H groups in total. The quantitative estimate of drug-likeness (QED) is 0.563. The Bertz CT molecular complexity index is 989. The number of benzene rings is 3. The molecule has 0 atom stereocenters. The predicted octanol–water partition coefficient (Wildman–Crippen LogP) is 3.52. The average Bonchev–Trinajstić information content (AvgIpc) is 2.81. The van der Waals surface area contributed by atoms with E-state index < -0.39 is 5.91 Å². The van der Waals surface area contributed by atoms with E-state index in [1.807, 2.05) is 72.8 Å². The Balaban J connectivity index is 1.46. The minimum atomic E-state index is -0.441. The molecule has 30 heavy (non-hydrogen) atoms. The number of carbonyl (C=O) groups is 2. The normalized spacial score (nSPS) is 10.2. The van der Waals surface area contributed by atoms with Crippen molar-refractivity contribution in [3.8, 4) is 22.6 Å². The van der Waals surface area contributed by atoms with Crippen molar-refractivity contribution in [3.63, 3.8) is 0 Å². The Morgan fingerprint density at radius 2 is 1.40 bits per heavy atom. The van der Waals surface area contributed by atoms with Crippen LogP contribution in [0.4, 0.5) is 0 Å². The van der Waals surface area contributed by atoms with Crippen molar-refractivity contribution < 1.29 is 19.1 Å². The Hall–Kier alpha value is -3.80. The summed E-state index contributed by atoms with van der Waals surface area (Å²) in [7, 11) is 1.59. The maximum absolute atomic E-state index is 12.1. The summed E-state index contributed by atoms with van der Waals surface area (Å²) in [6.07, 6.45) is 0.727. The number of hydrazine groups is 1. The van der Waals surface area contributed by atoms with Crippen LogP contribution in [0.5, 0.6) is 11.5 Å². The van der Waals surface area contributed by atoms with E-state index in [2.05, 4.69) is 10.9 Å². The molecule has 3 rings (SSSR count). The van der Waals surface area contributed by atoms with Crippen LogP contribution in [0.15, 0.2) is 78.9 Å². The molecule has 0 saturated carbocycles. The first-order valence-corrected chi connectivity index (χ1v) is 9.64. The SMILES string of the molecule is COc1ccccc1CCC(=O)NNC(=O)COc1ccccc1-c1ccccc1. The summed E-state index contributed by atoms with van der Waals surface area (Å²) in [4.78, 5) is 24.1. The zero-order chi connectivity index (χ0) is 21.2. The first-order chi connectivity index (χ1) is 14.7. The Morgan fingerprint density at radius 3 is 2.17 bits per heavy atom. The van der Waals surface area contributed by atoms with Crippen molar-refractivity contribution in [3.05, 3.63) is 84.4 Å². The number of carbonyl (C=O) groups excluding carboxylic acids is 2. The lowest BCUT2D eigenvalue weighted by Gasteiger charge is -2.12. The molecule has 2 amide bonds. The van der Waals surface area contributed by atoms with Crippen LogP contribution in [-0.2, 0) is 16.0 Å². The lowest BCUT2D eigenvalue weighted by atomic mass is 10.1. The molecule has 0 aliphatic heterocycles. The highest BCUT2D eigenvalue weighted by atomic mass is 16.5. The van der Waals surface area contributed by atoms with Crippen LogP contribution < -0.4 is 20.3 Å². The third-order valence-corrected chi connectivity index (χ3v) is 4.49.